The average molecular weight is 436 g/mol. The second-order valence-electron chi connectivity index (χ2n) is 6.35. The molecule has 1 aromatic carbocycles. The first kappa shape index (κ1) is 20.0. The predicted octanol–water partition coefficient (Wildman–Crippen LogP) is 4.35. The Balaban J connectivity index is 1.77. The number of amides is 2. The Kier molecular flexibility index (Phi) is 5.47. The third-order valence-electron chi connectivity index (χ3n) is 4.43. The molecule has 150 valence electrons. The molecule has 3 heterocycles. The molecule has 0 saturated heterocycles. The van der Waals surface area contributed by atoms with Crippen molar-refractivity contribution in [2.45, 2.75) is 11.8 Å². The van der Waals surface area contributed by atoms with Crippen molar-refractivity contribution >= 4 is 52.4 Å². The minimum absolute atomic E-state index is 0.0844. The largest absolute Gasteiger partial charge is 0.306 e. The molecule has 2 amide bonds. The number of rotatable bonds is 4. The second-order valence-corrected chi connectivity index (χ2v) is 8.15. The summed E-state index contributed by atoms with van der Waals surface area (Å²) in [5, 5.41) is 9.38. The summed E-state index contributed by atoms with van der Waals surface area (Å²) in [7, 11) is 0. The van der Waals surface area contributed by atoms with Crippen LogP contribution in [-0.2, 0) is 4.79 Å². The summed E-state index contributed by atoms with van der Waals surface area (Å²) in [6.07, 6.45) is 1.91. The molecule has 30 heavy (non-hydrogen) atoms. The van der Waals surface area contributed by atoms with Crippen LogP contribution in [0.3, 0.4) is 0 Å². The van der Waals surface area contributed by atoms with Gasteiger partial charge in [-0.3, -0.25) is 9.59 Å². The Hall–Kier alpha value is -3.30. The Morgan fingerprint density at radius 3 is 2.70 bits per heavy atom. The lowest BCUT2D eigenvalue weighted by atomic mass is 10.2. The summed E-state index contributed by atoms with van der Waals surface area (Å²) in [5.41, 5.74) is 1.89. The summed E-state index contributed by atoms with van der Waals surface area (Å²) in [6, 6.07) is 12.9. The van der Waals surface area contributed by atoms with Crippen LogP contribution in [0.4, 0.5) is 5.82 Å². The molecule has 0 aliphatic carbocycles. The van der Waals surface area contributed by atoms with E-state index in [2.05, 4.69) is 27.0 Å². The number of hydrogen-bond donors (Lipinski definition) is 1. The van der Waals surface area contributed by atoms with E-state index in [0.29, 0.717) is 22.8 Å². The molecule has 3 aromatic rings. The van der Waals surface area contributed by atoms with Crippen LogP contribution in [0, 0.1) is 0 Å². The highest BCUT2D eigenvalue weighted by atomic mass is 32.2. The Bertz CT molecular complexity index is 1220. The lowest BCUT2D eigenvalue weighted by Gasteiger charge is -2.13. The molecule has 0 unspecified atom stereocenters. The molecular weight excluding hydrogens is 418 g/mol. The van der Waals surface area contributed by atoms with Crippen LogP contribution in [0.1, 0.15) is 17.3 Å². The van der Waals surface area contributed by atoms with E-state index >= 15 is 0 Å². The van der Waals surface area contributed by atoms with Gasteiger partial charge in [0.1, 0.15) is 11.5 Å². The molecule has 0 spiro atoms. The number of benzene rings is 1. The quantitative estimate of drug-likeness (QED) is 0.487. The maximum atomic E-state index is 13.0. The SMILES string of the molecule is C=C1C(=O)N=C(n2nc(-c3cccs3)cc2NC(=O)c2ccccc2SC)N=C1C. The van der Waals surface area contributed by atoms with Gasteiger partial charge in [0.2, 0.25) is 0 Å². The fraction of sp³-hybridized carbons (Fsp3) is 0.0952. The number of hydrogen-bond acceptors (Lipinski definition) is 6. The van der Waals surface area contributed by atoms with Gasteiger partial charge in [-0.15, -0.1) is 23.1 Å². The zero-order valence-electron chi connectivity index (χ0n) is 16.2. The minimum Gasteiger partial charge on any atom is -0.306 e. The zero-order valence-corrected chi connectivity index (χ0v) is 17.9. The maximum absolute atomic E-state index is 13.0. The molecular formula is C21H17N5O2S2. The van der Waals surface area contributed by atoms with E-state index in [1.165, 1.54) is 27.8 Å². The molecule has 0 radical (unpaired) electrons. The number of anilines is 1. The van der Waals surface area contributed by atoms with Gasteiger partial charge in [0, 0.05) is 11.0 Å². The number of carbonyl (C=O) groups excluding carboxylic acids is 2. The number of nitrogens with one attached hydrogen (secondary N) is 1. The Labute approximate surface area is 181 Å². The molecule has 0 bridgehead atoms. The van der Waals surface area contributed by atoms with E-state index in [9.17, 15) is 9.59 Å². The monoisotopic (exact) mass is 435 g/mol. The predicted molar refractivity (Wildman–Crippen MR) is 122 cm³/mol. The maximum Gasteiger partial charge on any atom is 0.281 e. The van der Waals surface area contributed by atoms with Crippen molar-refractivity contribution < 1.29 is 9.59 Å². The van der Waals surface area contributed by atoms with Crippen molar-refractivity contribution in [3.05, 3.63) is 65.6 Å². The first-order valence-corrected chi connectivity index (χ1v) is 11.0. The van der Waals surface area contributed by atoms with Crippen LogP contribution in [0.5, 0.6) is 0 Å². The van der Waals surface area contributed by atoms with Gasteiger partial charge >= 0.3 is 0 Å². The van der Waals surface area contributed by atoms with Crippen molar-refractivity contribution in [1.82, 2.24) is 9.78 Å². The summed E-state index contributed by atoms with van der Waals surface area (Å²) < 4.78 is 1.38. The summed E-state index contributed by atoms with van der Waals surface area (Å²) >= 11 is 3.01. The Morgan fingerprint density at radius 1 is 1.20 bits per heavy atom. The van der Waals surface area contributed by atoms with Crippen LogP contribution in [0.15, 0.2) is 74.9 Å². The smallest absolute Gasteiger partial charge is 0.281 e. The fourth-order valence-corrected chi connectivity index (χ4v) is 4.11. The van der Waals surface area contributed by atoms with E-state index in [4.69, 9.17) is 0 Å². The molecule has 1 aliphatic rings. The molecule has 0 fully saturated rings. The number of aliphatic imine (C=N–C) groups is 2. The number of carbonyl (C=O) groups is 2. The lowest BCUT2D eigenvalue weighted by molar-refractivity contribution is -0.113. The van der Waals surface area contributed by atoms with Crippen LogP contribution in [0.25, 0.3) is 10.6 Å². The number of thiophene rings is 1. The number of nitrogens with zero attached hydrogens (tertiary/aromatic N) is 4. The van der Waals surface area contributed by atoms with Gasteiger partial charge in [-0.1, -0.05) is 24.8 Å². The highest BCUT2D eigenvalue weighted by Crippen LogP contribution is 2.28. The third kappa shape index (κ3) is 3.77. The molecule has 1 aliphatic heterocycles. The van der Waals surface area contributed by atoms with Crippen molar-refractivity contribution in [2.24, 2.45) is 9.98 Å². The molecule has 0 atom stereocenters. The Morgan fingerprint density at radius 2 is 2.00 bits per heavy atom. The second kappa shape index (κ2) is 8.21. The zero-order chi connectivity index (χ0) is 21.3. The minimum atomic E-state index is -0.476. The van der Waals surface area contributed by atoms with E-state index in [1.54, 1.807) is 19.1 Å². The summed E-state index contributed by atoms with van der Waals surface area (Å²) in [4.78, 5) is 35.3. The van der Waals surface area contributed by atoms with Gasteiger partial charge in [0.25, 0.3) is 17.8 Å². The topological polar surface area (TPSA) is 88.7 Å². The van der Waals surface area contributed by atoms with Gasteiger partial charge in [-0.25, -0.2) is 4.99 Å². The van der Waals surface area contributed by atoms with Crippen molar-refractivity contribution in [3.63, 3.8) is 0 Å². The first-order chi connectivity index (χ1) is 14.5. The van der Waals surface area contributed by atoms with Gasteiger partial charge in [0.15, 0.2) is 0 Å². The van der Waals surface area contributed by atoms with Crippen molar-refractivity contribution in [2.75, 3.05) is 11.6 Å². The first-order valence-electron chi connectivity index (χ1n) is 8.94. The standard InChI is InChI=1S/C21H17N5O2S2/c1-12-13(2)22-21(24-19(12)27)26-18(11-15(25-26)17-9-6-10-30-17)23-20(28)14-7-4-5-8-16(14)29-3/h4-11H,1H2,2-3H3,(H,23,28). The van der Waals surface area contributed by atoms with Gasteiger partial charge in [-0.05, 0) is 36.8 Å². The highest BCUT2D eigenvalue weighted by molar-refractivity contribution is 7.98. The fourth-order valence-electron chi connectivity index (χ4n) is 2.83. The van der Waals surface area contributed by atoms with Crippen LogP contribution >= 0.6 is 23.1 Å². The van der Waals surface area contributed by atoms with Crippen molar-refractivity contribution in [3.8, 4) is 10.6 Å². The van der Waals surface area contributed by atoms with Crippen LogP contribution in [-0.4, -0.2) is 39.5 Å². The third-order valence-corrected chi connectivity index (χ3v) is 6.12. The summed E-state index contributed by atoms with van der Waals surface area (Å²) in [5.74, 6) is -0.307. The van der Waals surface area contributed by atoms with Crippen LogP contribution in [0.2, 0.25) is 0 Å². The average Bonchev–Trinajstić information content (AvgIpc) is 3.41. The van der Waals surface area contributed by atoms with E-state index in [-0.39, 0.29) is 17.4 Å². The highest BCUT2D eigenvalue weighted by Gasteiger charge is 2.23. The molecule has 1 N–H and O–H groups in total. The van der Waals surface area contributed by atoms with Gasteiger partial charge in [-0.2, -0.15) is 14.8 Å². The van der Waals surface area contributed by atoms with Crippen molar-refractivity contribution in [1.29, 1.82) is 0 Å². The molecule has 7 nitrogen and oxygen atoms in total. The molecule has 4 rings (SSSR count). The normalized spacial score (nSPS) is 13.8. The van der Waals surface area contributed by atoms with E-state index in [0.717, 1.165) is 9.77 Å². The number of thioether (sulfide) groups is 1. The van der Waals surface area contributed by atoms with E-state index in [1.807, 2.05) is 42.0 Å². The van der Waals surface area contributed by atoms with Crippen LogP contribution < -0.4 is 5.32 Å². The molecule has 0 saturated carbocycles. The van der Waals surface area contributed by atoms with Gasteiger partial charge < -0.3 is 5.32 Å². The van der Waals surface area contributed by atoms with Gasteiger partial charge in [0.05, 0.1) is 21.7 Å². The molecule has 9 heteroatoms. The van der Waals surface area contributed by atoms with E-state index < -0.39 is 5.91 Å². The number of aromatic nitrogens is 2. The summed E-state index contributed by atoms with van der Waals surface area (Å²) in [6.45, 7) is 5.38. The molecule has 2 aromatic heterocycles. The lowest BCUT2D eigenvalue weighted by Crippen LogP contribution is -2.25.